The first-order valence-electron chi connectivity index (χ1n) is 5.98. The quantitative estimate of drug-likeness (QED) is 0.700. The average molecular weight is 209 g/mol. The molecule has 0 unspecified atom stereocenters. The van der Waals surface area contributed by atoms with E-state index >= 15 is 0 Å². The smallest absolute Gasteiger partial charge is 0.0762 e. The third-order valence-corrected chi connectivity index (χ3v) is 2.46. The monoisotopic (exact) mass is 209 g/mol. The third kappa shape index (κ3) is 4.47. The van der Waals surface area contributed by atoms with Gasteiger partial charge < -0.3 is 5.32 Å². The summed E-state index contributed by atoms with van der Waals surface area (Å²) in [5, 5.41) is 7.89. The maximum absolute atomic E-state index is 4.48. The van der Waals surface area contributed by atoms with Gasteiger partial charge in [0, 0.05) is 18.8 Å². The van der Waals surface area contributed by atoms with Crippen molar-refractivity contribution in [1.29, 1.82) is 0 Å². The highest BCUT2D eigenvalue weighted by Crippen LogP contribution is 2.03. The number of hydrogen-bond donors (Lipinski definition) is 1. The van der Waals surface area contributed by atoms with E-state index in [0.717, 1.165) is 18.8 Å². The van der Waals surface area contributed by atoms with E-state index in [1.807, 2.05) is 10.9 Å². The molecule has 3 heteroatoms. The van der Waals surface area contributed by atoms with Gasteiger partial charge in [-0.15, -0.1) is 0 Å². The Morgan fingerprint density at radius 1 is 1.40 bits per heavy atom. The summed E-state index contributed by atoms with van der Waals surface area (Å²) in [5.41, 5.74) is 1.14. The molecule has 0 aliphatic rings. The molecule has 1 rings (SSSR count). The molecule has 0 saturated carbocycles. The molecule has 1 aromatic heterocycles. The van der Waals surface area contributed by atoms with Crippen molar-refractivity contribution in [2.75, 3.05) is 6.54 Å². The normalized spacial score (nSPS) is 11.2. The Labute approximate surface area is 92.9 Å². The summed E-state index contributed by atoms with van der Waals surface area (Å²) in [6.07, 6.45) is 5.91. The van der Waals surface area contributed by atoms with Crippen LogP contribution in [0.5, 0.6) is 0 Å². The largest absolute Gasteiger partial charge is 0.311 e. The first-order chi connectivity index (χ1) is 7.24. The first kappa shape index (κ1) is 12.2. The Morgan fingerprint density at radius 3 is 2.80 bits per heavy atom. The van der Waals surface area contributed by atoms with Crippen molar-refractivity contribution in [3.05, 3.63) is 18.0 Å². The topological polar surface area (TPSA) is 29.9 Å². The zero-order valence-electron chi connectivity index (χ0n) is 10.2. The molecule has 86 valence electrons. The maximum atomic E-state index is 4.48. The second-order valence-electron chi connectivity index (χ2n) is 4.26. The van der Waals surface area contributed by atoms with Crippen LogP contribution in [0, 0.1) is 0 Å². The van der Waals surface area contributed by atoms with Crippen LogP contribution in [0.15, 0.2) is 12.3 Å². The average Bonchev–Trinajstić information content (AvgIpc) is 2.66. The highest BCUT2D eigenvalue weighted by atomic mass is 15.3. The van der Waals surface area contributed by atoms with Gasteiger partial charge >= 0.3 is 0 Å². The van der Waals surface area contributed by atoms with Crippen LogP contribution in [0.1, 0.15) is 51.8 Å². The lowest BCUT2D eigenvalue weighted by Crippen LogP contribution is -2.15. The summed E-state index contributed by atoms with van der Waals surface area (Å²) >= 11 is 0. The van der Waals surface area contributed by atoms with E-state index in [2.05, 4.69) is 37.3 Å². The van der Waals surface area contributed by atoms with Gasteiger partial charge in [-0.1, -0.05) is 19.8 Å². The highest BCUT2D eigenvalue weighted by Gasteiger charge is 2.00. The van der Waals surface area contributed by atoms with Crippen LogP contribution < -0.4 is 5.32 Å². The predicted octanol–water partition coefficient (Wildman–Crippen LogP) is 2.74. The number of nitrogens with zero attached hydrogens (tertiary/aromatic N) is 2. The minimum absolute atomic E-state index is 0.457. The van der Waals surface area contributed by atoms with Crippen LogP contribution in [0.25, 0.3) is 0 Å². The second-order valence-corrected chi connectivity index (χ2v) is 4.26. The molecule has 0 aliphatic heterocycles. The van der Waals surface area contributed by atoms with Crippen molar-refractivity contribution in [2.24, 2.45) is 0 Å². The van der Waals surface area contributed by atoms with Crippen LogP contribution in [0.2, 0.25) is 0 Å². The number of rotatable bonds is 7. The molecule has 1 aromatic rings. The second kappa shape index (κ2) is 6.62. The Kier molecular flexibility index (Phi) is 5.40. The van der Waals surface area contributed by atoms with Gasteiger partial charge in [0.25, 0.3) is 0 Å². The molecule has 3 nitrogen and oxygen atoms in total. The summed E-state index contributed by atoms with van der Waals surface area (Å²) in [4.78, 5) is 0. The molecule has 1 heterocycles. The van der Waals surface area contributed by atoms with E-state index in [0.29, 0.717) is 6.04 Å². The van der Waals surface area contributed by atoms with Crippen LogP contribution in [-0.2, 0) is 6.54 Å². The van der Waals surface area contributed by atoms with Crippen LogP contribution in [0.3, 0.4) is 0 Å². The standard InChI is InChI=1S/C12H23N3/c1-4-5-6-8-13-10-12-7-9-15(14-12)11(2)3/h7,9,11,13H,4-6,8,10H2,1-3H3. The summed E-state index contributed by atoms with van der Waals surface area (Å²) in [5.74, 6) is 0. The number of nitrogens with one attached hydrogen (secondary N) is 1. The van der Waals surface area contributed by atoms with Gasteiger partial charge in [0.2, 0.25) is 0 Å². The van der Waals surface area contributed by atoms with Crippen LogP contribution in [0.4, 0.5) is 0 Å². The third-order valence-electron chi connectivity index (χ3n) is 2.46. The molecule has 0 atom stereocenters. The number of aromatic nitrogens is 2. The van der Waals surface area contributed by atoms with Gasteiger partial charge in [0.1, 0.15) is 0 Å². The van der Waals surface area contributed by atoms with E-state index < -0.39 is 0 Å². The number of hydrogen-bond acceptors (Lipinski definition) is 2. The molecule has 0 amide bonds. The van der Waals surface area contributed by atoms with Crippen molar-refractivity contribution in [3.63, 3.8) is 0 Å². The molecular formula is C12H23N3. The fraction of sp³-hybridized carbons (Fsp3) is 0.750. The lowest BCUT2D eigenvalue weighted by atomic mass is 10.2. The summed E-state index contributed by atoms with van der Waals surface area (Å²) < 4.78 is 2.00. The first-order valence-corrected chi connectivity index (χ1v) is 5.98. The van der Waals surface area contributed by atoms with E-state index in [4.69, 9.17) is 0 Å². The molecule has 0 saturated heterocycles. The van der Waals surface area contributed by atoms with Gasteiger partial charge in [-0.05, 0) is 32.9 Å². The Morgan fingerprint density at radius 2 is 2.20 bits per heavy atom. The molecule has 0 aromatic carbocycles. The Bertz CT molecular complexity index is 266. The molecule has 0 spiro atoms. The van der Waals surface area contributed by atoms with Gasteiger partial charge in [0.05, 0.1) is 5.69 Å². The van der Waals surface area contributed by atoms with Crippen molar-refractivity contribution < 1.29 is 0 Å². The van der Waals surface area contributed by atoms with E-state index in [-0.39, 0.29) is 0 Å². The summed E-state index contributed by atoms with van der Waals surface area (Å²) in [6, 6.07) is 2.55. The molecule has 1 N–H and O–H groups in total. The van der Waals surface area contributed by atoms with E-state index in [9.17, 15) is 0 Å². The zero-order chi connectivity index (χ0) is 11.1. The summed E-state index contributed by atoms with van der Waals surface area (Å²) in [7, 11) is 0. The number of unbranched alkanes of at least 4 members (excludes halogenated alkanes) is 2. The lowest BCUT2D eigenvalue weighted by molar-refractivity contribution is 0.520. The van der Waals surface area contributed by atoms with Crippen molar-refractivity contribution in [3.8, 4) is 0 Å². The minimum Gasteiger partial charge on any atom is -0.311 e. The van der Waals surface area contributed by atoms with Gasteiger partial charge in [-0.25, -0.2) is 0 Å². The van der Waals surface area contributed by atoms with Gasteiger partial charge in [-0.2, -0.15) is 5.10 Å². The highest BCUT2D eigenvalue weighted by molar-refractivity contribution is 4.98. The predicted molar refractivity (Wildman–Crippen MR) is 63.8 cm³/mol. The molecule has 0 bridgehead atoms. The van der Waals surface area contributed by atoms with E-state index in [1.54, 1.807) is 0 Å². The molecular weight excluding hydrogens is 186 g/mol. The lowest BCUT2D eigenvalue weighted by Gasteiger charge is -2.04. The Balaban J connectivity index is 2.20. The van der Waals surface area contributed by atoms with E-state index in [1.165, 1.54) is 19.3 Å². The molecule has 0 fully saturated rings. The Hall–Kier alpha value is -0.830. The molecule has 0 aliphatic carbocycles. The zero-order valence-corrected chi connectivity index (χ0v) is 10.2. The van der Waals surface area contributed by atoms with Crippen molar-refractivity contribution in [1.82, 2.24) is 15.1 Å². The SMILES string of the molecule is CCCCCNCc1ccn(C(C)C)n1. The molecule has 15 heavy (non-hydrogen) atoms. The van der Waals surface area contributed by atoms with Gasteiger partial charge in [-0.3, -0.25) is 4.68 Å². The van der Waals surface area contributed by atoms with Gasteiger partial charge in [0.15, 0.2) is 0 Å². The fourth-order valence-electron chi connectivity index (χ4n) is 1.48. The van der Waals surface area contributed by atoms with Crippen LogP contribution >= 0.6 is 0 Å². The minimum atomic E-state index is 0.457. The fourth-order valence-corrected chi connectivity index (χ4v) is 1.48. The van der Waals surface area contributed by atoms with Crippen LogP contribution in [-0.4, -0.2) is 16.3 Å². The summed E-state index contributed by atoms with van der Waals surface area (Å²) in [6.45, 7) is 8.51. The molecule has 0 radical (unpaired) electrons. The maximum Gasteiger partial charge on any atom is 0.0762 e. The van der Waals surface area contributed by atoms with Crippen molar-refractivity contribution in [2.45, 2.75) is 52.6 Å². The van der Waals surface area contributed by atoms with Crippen molar-refractivity contribution >= 4 is 0 Å².